The maximum atomic E-state index is 7.34. The number of benzene rings is 1. The number of hydrogen-bond acceptors (Lipinski definition) is 3. The van der Waals surface area contributed by atoms with Gasteiger partial charge in [-0.2, -0.15) is 4.98 Å². The van der Waals surface area contributed by atoms with E-state index in [1.165, 1.54) is 51.4 Å². The van der Waals surface area contributed by atoms with E-state index in [9.17, 15) is 0 Å². The van der Waals surface area contributed by atoms with Crippen molar-refractivity contribution in [3.63, 3.8) is 0 Å². The lowest BCUT2D eigenvalue weighted by molar-refractivity contribution is 0.421. The molecule has 2 aromatic rings. The Kier molecular flexibility index (Phi) is 8.53. The van der Waals surface area contributed by atoms with E-state index < -0.39 is 0 Å². The van der Waals surface area contributed by atoms with E-state index in [1.807, 2.05) is 24.3 Å². The monoisotopic (exact) mass is 328 g/mol. The Bertz CT molecular complexity index is 563. The van der Waals surface area contributed by atoms with Crippen LogP contribution < -0.4 is 5.73 Å². The Morgan fingerprint density at radius 1 is 0.875 bits per heavy atom. The molecule has 0 aliphatic heterocycles. The number of hydrogen-bond donors (Lipinski definition) is 0. The van der Waals surface area contributed by atoms with Crippen molar-refractivity contribution in [1.82, 2.24) is 15.9 Å². The van der Waals surface area contributed by atoms with E-state index in [0.29, 0.717) is 12.4 Å². The van der Waals surface area contributed by atoms with Crippen LogP contribution in [0, 0.1) is 0 Å². The second kappa shape index (κ2) is 11.0. The average Bonchev–Trinajstić information content (AvgIpc) is 3.09. The first-order valence-corrected chi connectivity index (χ1v) is 9.40. The minimum Gasteiger partial charge on any atom is -0.334 e. The molecule has 0 saturated carbocycles. The molecule has 4 heteroatoms. The van der Waals surface area contributed by atoms with E-state index in [0.717, 1.165) is 29.8 Å². The summed E-state index contributed by atoms with van der Waals surface area (Å²) in [5.74, 6) is 1.38. The highest BCUT2D eigenvalue weighted by molar-refractivity contribution is 5.53. The lowest BCUT2D eigenvalue weighted by atomic mass is 10.1. The molecule has 24 heavy (non-hydrogen) atoms. The highest BCUT2D eigenvalue weighted by Gasteiger charge is 2.08. The Morgan fingerprint density at radius 2 is 1.50 bits per heavy atom. The molecule has 0 bridgehead atoms. The van der Waals surface area contributed by atoms with Gasteiger partial charge in [0.2, 0.25) is 0 Å². The summed E-state index contributed by atoms with van der Waals surface area (Å²) in [5, 5.41) is 4.08. The molecule has 0 spiro atoms. The smallest absolute Gasteiger partial charge is 0.257 e. The van der Waals surface area contributed by atoms with E-state index in [2.05, 4.69) is 17.1 Å². The standard InChI is InChI=1S/C20H30N3O/c1-2-3-4-5-6-7-8-9-10-11-19-22-20(24-23-19)18-14-12-17(16-21)13-15-18/h12-15,21H,2-11,16H2,1H3. The maximum Gasteiger partial charge on any atom is 0.257 e. The number of nitrogens with zero attached hydrogens (tertiary/aromatic N) is 2. The van der Waals surface area contributed by atoms with Crippen LogP contribution in [0.3, 0.4) is 0 Å². The van der Waals surface area contributed by atoms with Gasteiger partial charge < -0.3 is 4.52 Å². The van der Waals surface area contributed by atoms with Crippen molar-refractivity contribution >= 4 is 0 Å². The number of aromatic nitrogens is 2. The van der Waals surface area contributed by atoms with Crippen molar-refractivity contribution in [2.75, 3.05) is 0 Å². The van der Waals surface area contributed by atoms with Gasteiger partial charge in [-0.1, -0.05) is 75.6 Å². The van der Waals surface area contributed by atoms with E-state index >= 15 is 0 Å². The predicted octanol–water partition coefficient (Wildman–Crippen LogP) is 5.59. The quantitative estimate of drug-likeness (QED) is 0.477. The van der Waals surface area contributed by atoms with Gasteiger partial charge >= 0.3 is 0 Å². The van der Waals surface area contributed by atoms with Crippen LogP contribution >= 0.6 is 0 Å². The summed E-state index contributed by atoms with van der Waals surface area (Å²) < 4.78 is 5.35. The molecule has 0 aliphatic carbocycles. The van der Waals surface area contributed by atoms with Crippen molar-refractivity contribution in [1.29, 1.82) is 0 Å². The number of aryl methyl sites for hydroxylation is 1. The topological polar surface area (TPSA) is 62.7 Å². The highest BCUT2D eigenvalue weighted by atomic mass is 16.5. The van der Waals surface area contributed by atoms with E-state index in [-0.39, 0.29) is 0 Å². The van der Waals surface area contributed by atoms with Gasteiger partial charge in [0.05, 0.1) is 0 Å². The van der Waals surface area contributed by atoms with E-state index in [1.54, 1.807) is 0 Å². The molecule has 0 aliphatic rings. The summed E-state index contributed by atoms with van der Waals surface area (Å²) in [6, 6.07) is 7.76. The minimum absolute atomic E-state index is 0.300. The second-order valence-corrected chi connectivity index (χ2v) is 6.47. The van der Waals surface area contributed by atoms with Crippen LogP contribution in [0.15, 0.2) is 28.8 Å². The van der Waals surface area contributed by atoms with Crippen molar-refractivity contribution in [3.8, 4) is 11.5 Å². The summed E-state index contributed by atoms with van der Waals surface area (Å²) in [5.41, 5.74) is 9.26. The van der Waals surface area contributed by atoms with Crippen LogP contribution in [-0.2, 0) is 13.0 Å². The molecule has 2 rings (SSSR count). The molecule has 1 N–H and O–H groups in total. The fraction of sp³-hybridized carbons (Fsp3) is 0.600. The molecule has 0 unspecified atom stereocenters. The number of rotatable bonds is 12. The van der Waals surface area contributed by atoms with Crippen molar-refractivity contribution in [2.45, 2.75) is 77.7 Å². The summed E-state index contributed by atoms with van der Waals surface area (Å²) >= 11 is 0. The van der Waals surface area contributed by atoms with Gasteiger partial charge in [-0.05, 0) is 24.1 Å². The van der Waals surface area contributed by atoms with Crippen LogP contribution in [0.1, 0.15) is 76.1 Å². The second-order valence-electron chi connectivity index (χ2n) is 6.47. The molecule has 131 valence electrons. The first-order chi connectivity index (χ1) is 11.8. The van der Waals surface area contributed by atoms with E-state index in [4.69, 9.17) is 10.3 Å². The Morgan fingerprint density at radius 3 is 2.12 bits per heavy atom. The number of unbranched alkanes of at least 4 members (excludes halogenated alkanes) is 8. The zero-order valence-electron chi connectivity index (χ0n) is 14.9. The highest BCUT2D eigenvalue weighted by Crippen LogP contribution is 2.18. The first kappa shape index (κ1) is 18.7. The Balaban J connectivity index is 1.63. The third-order valence-electron chi connectivity index (χ3n) is 4.38. The van der Waals surface area contributed by atoms with Crippen LogP contribution in [-0.4, -0.2) is 10.1 Å². The van der Waals surface area contributed by atoms with Crippen molar-refractivity contribution in [3.05, 3.63) is 35.7 Å². The largest absolute Gasteiger partial charge is 0.334 e. The van der Waals surface area contributed by atoms with Crippen LogP contribution in [0.4, 0.5) is 0 Å². The molecular formula is C20H30N3O. The minimum atomic E-state index is 0.300. The Hall–Kier alpha value is -1.68. The van der Waals surface area contributed by atoms with Gasteiger partial charge in [0.1, 0.15) is 0 Å². The Labute approximate surface area is 145 Å². The summed E-state index contributed by atoms with van der Waals surface area (Å²) in [4.78, 5) is 4.48. The van der Waals surface area contributed by atoms with Gasteiger partial charge in [-0.3, -0.25) is 5.73 Å². The molecular weight excluding hydrogens is 298 g/mol. The summed E-state index contributed by atoms with van der Waals surface area (Å²) in [6.07, 6.45) is 12.8. The molecule has 0 amide bonds. The molecule has 1 radical (unpaired) electrons. The summed E-state index contributed by atoms with van der Waals surface area (Å²) in [7, 11) is 0. The lowest BCUT2D eigenvalue weighted by Gasteiger charge is -2.00. The van der Waals surface area contributed by atoms with Gasteiger partial charge in [0, 0.05) is 18.5 Å². The lowest BCUT2D eigenvalue weighted by Crippen LogP contribution is -1.89. The molecule has 0 fully saturated rings. The van der Waals surface area contributed by atoms with Gasteiger partial charge in [0.25, 0.3) is 5.89 Å². The predicted molar refractivity (Wildman–Crippen MR) is 97.5 cm³/mol. The maximum absolute atomic E-state index is 7.34. The summed E-state index contributed by atoms with van der Waals surface area (Å²) in [6.45, 7) is 2.56. The third kappa shape index (κ3) is 6.44. The van der Waals surface area contributed by atoms with Crippen molar-refractivity contribution in [2.24, 2.45) is 0 Å². The molecule has 0 atom stereocenters. The molecule has 4 nitrogen and oxygen atoms in total. The van der Waals surface area contributed by atoms with Gasteiger partial charge in [-0.25, -0.2) is 0 Å². The molecule has 1 heterocycles. The molecule has 1 aromatic heterocycles. The van der Waals surface area contributed by atoms with Crippen LogP contribution in [0.2, 0.25) is 0 Å². The van der Waals surface area contributed by atoms with Crippen LogP contribution in [0.5, 0.6) is 0 Å². The fourth-order valence-corrected chi connectivity index (χ4v) is 2.83. The van der Waals surface area contributed by atoms with Gasteiger partial charge in [0.15, 0.2) is 5.82 Å². The van der Waals surface area contributed by atoms with Gasteiger partial charge in [-0.15, -0.1) is 0 Å². The SMILES string of the molecule is CCCCCCCCCCCc1noc(-c2ccc(C[NH])cc2)n1. The third-order valence-corrected chi connectivity index (χ3v) is 4.38. The van der Waals surface area contributed by atoms with Crippen molar-refractivity contribution < 1.29 is 4.52 Å². The first-order valence-electron chi connectivity index (χ1n) is 9.40. The normalized spacial score (nSPS) is 11.1. The number of nitrogens with one attached hydrogen (secondary N) is 1. The van der Waals surface area contributed by atoms with Crippen LogP contribution in [0.25, 0.3) is 11.5 Å². The zero-order valence-corrected chi connectivity index (χ0v) is 14.9. The fourth-order valence-electron chi connectivity index (χ4n) is 2.83. The average molecular weight is 328 g/mol. The molecule has 0 saturated heterocycles. The molecule has 1 aromatic carbocycles. The zero-order chi connectivity index (χ0) is 17.0.